The van der Waals surface area contributed by atoms with Crippen molar-refractivity contribution in [2.24, 2.45) is 16.5 Å². The van der Waals surface area contributed by atoms with Crippen LogP contribution in [0.3, 0.4) is 0 Å². The van der Waals surface area contributed by atoms with Crippen molar-refractivity contribution in [3.63, 3.8) is 0 Å². The first kappa shape index (κ1) is 10.5. The summed E-state index contributed by atoms with van der Waals surface area (Å²) in [5.41, 5.74) is 11.2. The van der Waals surface area contributed by atoms with E-state index in [2.05, 4.69) is 15.2 Å². The molecule has 0 saturated heterocycles. The number of hydrogen-bond acceptors (Lipinski definition) is 4. The first-order valence-corrected chi connectivity index (χ1v) is 5.16. The molecular weight excluding hydrogens is 229 g/mol. The van der Waals surface area contributed by atoms with Gasteiger partial charge in [0.05, 0.1) is 0 Å². The highest BCUT2D eigenvalue weighted by Gasteiger charge is 2.05. The number of guanidine groups is 1. The van der Waals surface area contributed by atoms with Crippen LogP contribution in [0.25, 0.3) is 10.6 Å². The van der Waals surface area contributed by atoms with Crippen molar-refractivity contribution < 1.29 is 4.39 Å². The first-order chi connectivity index (χ1) is 7.65. The molecule has 0 amide bonds. The van der Waals surface area contributed by atoms with Gasteiger partial charge in [-0.25, -0.2) is 4.39 Å². The zero-order valence-corrected chi connectivity index (χ0v) is 8.91. The molecule has 0 unspecified atom stereocenters. The van der Waals surface area contributed by atoms with E-state index in [1.807, 2.05) is 0 Å². The van der Waals surface area contributed by atoms with Gasteiger partial charge in [-0.2, -0.15) is 4.99 Å². The maximum absolute atomic E-state index is 12.7. The predicted molar refractivity (Wildman–Crippen MR) is 60.8 cm³/mol. The third kappa shape index (κ3) is 2.31. The molecule has 1 aromatic heterocycles. The van der Waals surface area contributed by atoms with Crippen LogP contribution in [-0.4, -0.2) is 16.2 Å². The largest absolute Gasteiger partial charge is 0.370 e. The Bertz CT molecular complexity index is 515. The lowest BCUT2D eigenvalue weighted by atomic mass is 10.2. The molecule has 4 N–H and O–H groups in total. The first-order valence-electron chi connectivity index (χ1n) is 4.34. The van der Waals surface area contributed by atoms with Gasteiger partial charge in [0.25, 0.3) is 0 Å². The lowest BCUT2D eigenvalue weighted by Gasteiger charge is -1.93. The van der Waals surface area contributed by atoms with Gasteiger partial charge in [-0.05, 0) is 24.3 Å². The summed E-state index contributed by atoms with van der Waals surface area (Å²) in [6, 6.07) is 5.96. The van der Waals surface area contributed by atoms with Crippen LogP contribution in [0, 0.1) is 5.82 Å². The smallest absolute Gasteiger partial charge is 0.235 e. The molecule has 0 bridgehead atoms. The molecule has 0 radical (unpaired) electrons. The molecule has 0 fully saturated rings. The van der Waals surface area contributed by atoms with Gasteiger partial charge in [-0.3, -0.25) is 0 Å². The third-order valence-corrected chi connectivity index (χ3v) is 2.60. The Morgan fingerprint density at radius 1 is 1.19 bits per heavy atom. The molecule has 16 heavy (non-hydrogen) atoms. The molecule has 0 aliphatic rings. The van der Waals surface area contributed by atoms with Gasteiger partial charge in [0.15, 0.2) is 5.96 Å². The SMILES string of the molecule is NC(N)=Nc1nnc(-c2ccc(F)cc2)s1. The van der Waals surface area contributed by atoms with Gasteiger partial charge in [-0.1, -0.05) is 11.3 Å². The number of nitrogens with zero attached hydrogens (tertiary/aromatic N) is 3. The Morgan fingerprint density at radius 2 is 1.88 bits per heavy atom. The molecule has 0 aliphatic heterocycles. The number of hydrogen-bond donors (Lipinski definition) is 2. The highest BCUT2D eigenvalue weighted by molar-refractivity contribution is 7.18. The van der Waals surface area contributed by atoms with E-state index < -0.39 is 0 Å². The van der Waals surface area contributed by atoms with Crippen molar-refractivity contribution in [3.05, 3.63) is 30.1 Å². The standard InChI is InChI=1S/C9H8FN5S/c10-6-3-1-5(2-4-6)7-14-15-9(16-7)13-8(11)12/h1-4H,(H4,11,12,13,15). The zero-order chi connectivity index (χ0) is 11.5. The molecule has 7 heteroatoms. The normalized spacial score (nSPS) is 10.1. The number of aromatic nitrogens is 2. The van der Waals surface area contributed by atoms with E-state index in [0.29, 0.717) is 10.1 Å². The Labute approximate surface area is 94.6 Å². The molecule has 2 rings (SSSR count). The van der Waals surface area contributed by atoms with Gasteiger partial charge in [0.1, 0.15) is 10.8 Å². The molecule has 0 spiro atoms. The highest BCUT2D eigenvalue weighted by Crippen LogP contribution is 2.27. The molecule has 0 aliphatic carbocycles. The average molecular weight is 237 g/mol. The van der Waals surface area contributed by atoms with E-state index in [1.54, 1.807) is 12.1 Å². The van der Waals surface area contributed by atoms with Crippen molar-refractivity contribution in [2.75, 3.05) is 0 Å². The fourth-order valence-electron chi connectivity index (χ4n) is 1.08. The van der Waals surface area contributed by atoms with Crippen molar-refractivity contribution in [1.82, 2.24) is 10.2 Å². The lowest BCUT2D eigenvalue weighted by molar-refractivity contribution is 0.628. The summed E-state index contributed by atoms with van der Waals surface area (Å²) >= 11 is 1.23. The number of rotatable bonds is 2. The summed E-state index contributed by atoms with van der Waals surface area (Å²) in [7, 11) is 0. The molecule has 2 aromatic rings. The second kappa shape index (κ2) is 4.23. The Balaban J connectivity index is 2.31. The zero-order valence-electron chi connectivity index (χ0n) is 8.09. The molecule has 1 aromatic carbocycles. The van der Waals surface area contributed by atoms with Gasteiger partial charge in [0.2, 0.25) is 5.13 Å². The Hall–Kier alpha value is -2.02. The van der Waals surface area contributed by atoms with E-state index in [4.69, 9.17) is 11.5 Å². The van der Waals surface area contributed by atoms with Crippen molar-refractivity contribution >= 4 is 22.4 Å². The van der Waals surface area contributed by atoms with Crippen molar-refractivity contribution in [1.29, 1.82) is 0 Å². The summed E-state index contributed by atoms with van der Waals surface area (Å²) in [6.45, 7) is 0. The topological polar surface area (TPSA) is 90.2 Å². The van der Waals surface area contributed by atoms with Crippen LogP contribution in [0.4, 0.5) is 9.52 Å². The maximum Gasteiger partial charge on any atom is 0.235 e. The maximum atomic E-state index is 12.7. The van der Waals surface area contributed by atoms with Crippen LogP contribution < -0.4 is 11.5 Å². The number of benzene rings is 1. The molecule has 5 nitrogen and oxygen atoms in total. The minimum Gasteiger partial charge on any atom is -0.370 e. The molecule has 82 valence electrons. The molecular formula is C9H8FN5S. The van der Waals surface area contributed by atoms with Crippen LogP contribution in [0.5, 0.6) is 0 Å². The fraction of sp³-hybridized carbons (Fsp3) is 0. The van der Waals surface area contributed by atoms with Crippen LogP contribution in [0.15, 0.2) is 29.3 Å². The number of nitrogens with two attached hydrogens (primary N) is 2. The number of aliphatic imine (C=N–C) groups is 1. The van der Waals surface area contributed by atoms with Gasteiger partial charge in [0, 0.05) is 5.56 Å². The monoisotopic (exact) mass is 237 g/mol. The fourth-order valence-corrected chi connectivity index (χ4v) is 1.82. The Kier molecular flexibility index (Phi) is 2.78. The third-order valence-electron chi connectivity index (χ3n) is 1.73. The van der Waals surface area contributed by atoms with Crippen molar-refractivity contribution in [3.8, 4) is 10.6 Å². The highest BCUT2D eigenvalue weighted by atomic mass is 32.1. The number of halogens is 1. The minimum absolute atomic E-state index is 0.0678. The molecule has 0 atom stereocenters. The van der Waals surface area contributed by atoms with Gasteiger partial charge >= 0.3 is 0 Å². The lowest BCUT2D eigenvalue weighted by Crippen LogP contribution is -2.21. The quantitative estimate of drug-likeness (QED) is 0.607. The van der Waals surface area contributed by atoms with Crippen LogP contribution in [0.2, 0.25) is 0 Å². The Morgan fingerprint density at radius 3 is 2.50 bits per heavy atom. The average Bonchev–Trinajstić information content (AvgIpc) is 2.66. The van der Waals surface area contributed by atoms with E-state index in [-0.39, 0.29) is 11.8 Å². The van der Waals surface area contributed by atoms with Crippen LogP contribution in [-0.2, 0) is 0 Å². The predicted octanol–water partition coefficient (Wildman–Crippen LogP) is 1.25. The summed E-state index contributed by atoms with van der Waals surface area (Å²) in [5.74, 6) is -0.362. The summed E-state index contributed by atoms with van der Waals surface area (Å²) in [4.78, 5) is 3.77. The van der Waals surface area contributed by atoms with Gasteiger partial charge < -0.3 is 11.5 Å². The van der Waals surface area contributed by atoms with E-state index in [9.17, 15) is 4.39 Å². The van der Waals surface area contributed by atoms with Crippen LogP contribution in [0.1, 0.15) is 0 Å². The minimum atomic E-state index is -0.294. The van der Waals surface area contributed by atoms with Crippen LogP contribution >= 0.6 is 11.3 Å². The van der Waals surface area contributed by atoms with E-state index >= 15 is 0 Å². The van der Waals surface area contributed by atoms with E-state index in [1.165, 1.54) is 23.5 Å². The van der Waals surface area contributed by atoms with E-state index in [0.717, 1.165) is 5.56 Å². The summed E-state index contributed by atoms with van der Waals surface area (Å²) < 4.78 is 12.7. The second-order valence-electron chi connectivity index (χ2n) is 2.93. The second-order valence-corrected chi connectivity index (χ2v) is 3.89. The molecule has 0 saturated carbocycles. The van der Waals surface area contributed by atoms with Crippen molar-refractivity contribution in [2.45, 2.75) is 0 Å². The summed E-state index contributed by atoms with van der Waals surface area (Å²) in [6.07, 6.45) is 0. The molecule has 1 heterocycles. The van der Waals surface area contributed by atoms with Gasteiger partial charge in [-0.15, -0.1) is 10.2 Å². The summed E-state index contributed by atoms with van der Waals surface area (Å²) in [5, 5.41) is 8.69.